The van der Waals surface area contributed by atoms with Crippen molar-refractivity contribution in [1.82, 2.24) is 9.78 Å². The zero-order valence-corrected chi connectivity index (χ0v) is 14.5. The van der Waals surface area contributed by atoms with Crippen LogP contribution in [0.5, 0.6) is 0 Å². The topological polar surface area (TPSA) is 64.0 Å². The van der Waals surface area contributed by atoms with E-state index < -0.39 is 0 Å². The van der Waals surface area contributed by atoms with E-state index in [0.717, 1.165) is 19.3 Å². The van der Waals surface area contributed by atoms with Crippen LogP contribution in [0.3, 0.4) is 0 Å². The summed E-state index contributed by atoms with van der Waals surface area (Å²) in [5.41, 5.74) is 2.00. The fraction of sp³-hybridized carbons (Fsp3) is 0.250. The summed E-state index contributed by atoms with van der Waals surface area (Å²) in [6.07, 6.45) is 3.35. The molecule has 0 spiro atoms. The minimum atomic E-state index is -0.326. The third kappa shape index (κ3) is 3.60. The molecule has 5 heteroatoms. The summed E-state index contributed by atoms with van der Waals surface area (Å²) in [5.74, 6) is -0.326. The molecule has 1 heterocycles. The largest absolute Gasteiger partial charge is 0.321 e. The van der Waals surface area contributed by atoms with Gasteiger partial charge in [0.1, 0.15) is 0 Å². The number of anilines is 1. The number of aryl methyl sites for hydroxylation is 2. The van der Waals surface area contributed by atoms with Gasteiger partial charge in [-0.2, -0.15) is 5.10 Å². The van der Waals surface area contributed by atoms with E-state index in [1.54, 1.807) is 31.3 Å². The zero-order valence-electron chi connectivity index (χ0n) is 14.5. The third-order valence-electron chi connectivity index (χ3n) is 4.20. The normalized spacial score (nSPS) is 10.8. The van der Waals surface area contributed by atoms with Crippen LogP contribution in [-0.2, 0) is 13.5 Å². The number of unbranched alkanes of at least 4 members (excludes halogenated alkanes) is 1. The number of hydrogen-bond donors (Lipinski definition) is 1. The minimum Gasteiger partial charge on any atom is -0.321 e. The van der Waals surface area contributed by atoms with E-state index in [1.165, 1.54) is 10.2 Å². The van der Waals surface area contributed by atoms with Gasteiger partial charge < -0.3 is 5.32 Å². The van der Waals surface area contributed by atoms with E-state index in [-0.39, 0.29) is 17.2 Å². The van der Waals surface area contributed by atoms with E-state index >= 15 is 0 Å². The van der Waals surface area contributed by atoms with Gasteiger partial charge in [-0.25, -0.2) is 4.68 Å². The molecule has 25 heavy (non-hydrogen) atoms. The number of rotatable bonds is 5. The molecule has 0 aliphatic rings. The Morgan fingerprint density at radius 3 is 2.44 bits per heavy atom. The number of hydrogen-bond acceptors (Lipinski definition) is 3. The molecule has 0 bridgehead atoms. The van der Waals surface area contributed by atoms with Crippen molar-refractivity contribution in [3.05, 3.63) is 70.1 Å². The van der Waals surface area contributed by atoms with E-state index in [9.17, 15) is 9.59 Å². The van der Waals surface area contributed by atoms with E-state index in [4.69, 9.17) is 0 Å². The van der Waals surface area contributed by atoms with Crippen LogP contribution in [0.1, 0.15) is 35.8 Å². The molecule has 0 aliphatic carbocycles. The predicted octanol–water partition coefficient (Wildman–Crippen LogP) is 3.53. The maximum absolute atomic E-state index is 12.7. The Labute approximate surface area is 146 Å². The summed E-state index contributed by atoms with van der Waals surface area (Å²) < 4.78 is 1.20. The average molecular weight is 335 g/mol. The lowest BCUT2D eigenvalue weighted by molar-refractivity contribution is 0.102. The first-order chi connectivity index (χ1) is 12.1. The van der Waals surface area contributed by atoms with Gasteiger partial charge in [0.25, 0.3) is 11.5 Å². The first kappa shape index (κ1) is 16.9. The molecule has 1 N–H and O–H groups in total. The summed E-state index contributed by atoms with van der Waals surface area (Å²) >= 11 is 0. The Kier molecular flexibility index (Phi) is 4.93. The lowest BCUT2D eigenvalue weighted by Gasteiger charge is -2.09. The monoisotopic (exact) mass is 335 g/mol. The second kappa shape index (κ2) is 7.30. The van der Waals surface area contributed by atoms with E-state index in [2.05, 4.69) is 17.3 Å². The number of benzene rings is 2. The predicted molar refractivity (Wildman–Crippen MR) is 100.0 cm³/mol. The van der Waals surface area contributed by atoms with Crippen LogP contribution in [0.2, 0.25) is 0 Å². The molecule has 1 aromatic heterocycles. The zero-order chi connectivity index (χ0) is 17.8. The molecule has 0 saturated heterocycles. The summed E-state index contributed by atoms with van der Waals surface area (Å²) in [4.78, 5) is 24.8. The molecule has 2 aromatic carbocycles. The highest BCUT2D eigenvalue weighted by Crippen LogP contribution is 2.16. The van der Waals surface area contributed by atoms with Crippen molar-refractivity contribution < 1.29 is 4.79 Å². The number of nitrogens with one attached hydrogen (secondary N) is 1. The molecular formula is C20H21N3O2. The van der Waals surface area contributed by atoms with Gasteiger partial charge in [0, 0.05) is 18.1 Å². The molecule has 0 radical (unpaired) electrons. The number of fused-ring (bicyclic) bond motifs is 1. The van der Waals surface area contributed by atoms with Gasteiger partial charge in [-0.05, 0) is 36.6 Å². The first-order valence-corrected chi connectivity index (χ1v) is 8.46. The minimum absolute atomic E-state index is 0.215. The van der Waals surface area contributed by atoms with Gasteiger partial charge in [-0.1, -0.05) is 43.7 Å². The van der Waals surface area contributed by atoms with Crippen molar-refractivity contribution in [2.45, 2.75) is 26.2 Å². The standard InChI is InChI=1S/C20H21N3O2/c1-3-4-7-14-10-12-15(13-11-14)21-19(24)18-16-8-5-6-9-17(16)20(25)23(2)22-18/h5-6,8-13H,3-4,7H2,1-2H3,(H,21,24). The Morgan fingerprint density at radius 1 is 1.08 bits per heavy atom. The highest BCUT2D eigenvalue weighted by atomic mass is 16.2. The van der Waals surface area contributed by atoms with Crippen molar-refractivity contribution in [1.29, 1.82) is 0 Å². The van der Waals surface area contributed by atoms with Gasteiger partial charge in [-0.3, -0.25) is 9.59 Å². The third-order valence-corrected chi connectivity index (χ3v) is 4.20. The quantitative estimate of drug-likeness (QED) is 0.776. The smallest absolute Gasteiger partial charge is 0.276 e. The first-order valence-electron chi connectivity index (χ1n) is 8.46. The molecule has 3 aromatic rings. The highest BCUT2D eigenvalue weighted by Gasteiger charge is 2.15. The SMILES string of the molecule is CCCCc1ccc(NC(=O)c2nn(C)c(=O)c3ccccc23)cc1. The molecule has 1 amide bonds. The lowest BCUT2D eigenvalue weighted by Crippen LogP contribution is -2.25. The van der Waals surface area contributed by atoms with Gasteiger partial charge in [-0.15, -0.1) is 0 Å². The van der Waals surface area contributed by atoms with Crippen molar-refractivity contribution in [2.75, 3.05) is 5.32 Å². The van der Waals surface area contributed by atoms with Crippen molar-refractivity contribution in [3.63, 3.8) is 0 Å². The molecule has 0 fully saturated rings. The molecule has 0 aliphatic heterocycles. The van der Waals surface area contributed by atoms with Gasteiger partial charge in [0.15, 0.2) is 5.69 Å². The molecule has 3 rings (SSSR count). The Balaban J connectivity index is 1.88. The molecular weight excluding hydrogens is 314 g/mol. The van der Waals surface area contributed by atoms with Crippen LogP contribution in [0.4, 0.5) is 5.69 Å². The van der Waals surface area contributed by atoms with Crippen LogP contribution in [0.25, 0.3) is 10.8 Å². The Morgan fingerprint density at radius 2 is 1.76 bits per heavy atom. The van der Waals surface area contributed by atoms with Crippen LogP contribution in [0, 0.1) is 0 Å². The van der Waals surface area contributed by atoms with E-state index in [0.29, 0.717) is 16.5 Å². The summed E-state index contributed by atoms with van der Waals surface area (Å²) in [7, 11) is 1.55. The average Bonchev–Trinajstić information content (AvgIpc) is 2.64. The maximum Gasteiger partial charge on any atom is 0.276 e. The Bertz CT molecular complexity index is 959. The van der Waals surface area contributed by atoms with Crippen LogP contribution in [0.15, 0.2) is 53.3 Å². The fourth-order valence-corrected chi connectivity index (χ4v) is 2.79. The lowest BCUT2D eigenvalue weighted by atomic mass is 10.1. The number of carbonyl (C=O) groups is 1. The maximum atomic E-state index is 12.7. The van der Waals surface area contributed by atoms with Gasteiger partial charge in [0.2, 0.25) is 0 Å². The second-order valence-electron chi connectivity index (χ2n) is 6.08. The molecule has 128 valence electrons. The van der Waals surface area contributed by atoms with Crippen molar-refractivity contribution in [3.8, 4) is 0 Å². The molecule has 0 unspecified atom stereocenters. The van der Waals surface area contributed by atoms with Crippen molar-refractivity contribution >= 4 is 22.4 Å². The summed E-state index contributed by atoms with van der Waals surface area (Å²) in [6.45, 7) is 2.17. The number of amides is 1. The molecule has 0 saturated carbocycles. The Hall–Kier alpha value is -2.95. The fourth-order valence-electron chi connectivity index (χ4n) is 2.79. The highest BCUT2D eigenvalue weighted by molar-refractivity contribution is 6.11. The van der Waals surface area contributed by atoms with Crippen LogP contribution < -0.4 is 10.9 Å². The van der Waals surface area contributed by atoms with Crippen LogP contribution in [-0.4, -0.2) is 15.7 Å². The summed E-state index contributed by atoms with van der Waals surface area (Å²) in [5, 5.41) is 8.05. The number of nitrogens with zero attached hydrogens (tertiary/aromatic N) is 2. The van der Waals surface area contributed by atoms with Gasteiger partial charge >= 0.3 is 0 Å². The molecule has 0 atom stereocenters. The second-order valence-corrected chi connectivity index (χ2v) is 6.08. The number of carbonyl (C=O) groups excluding carboxylic acids is 1. The van der Waals surface area contributed by atoms with Crippen molar-refractivity contribution in [2.24, 2.45) is 7.05 Å². The van der Waals surface area contributed by atoms with Gasteiger partial charge in [0.05, 0.1) is 5.39 Å². The summed E-state index contributed by atoms with van der Waals surface area (Å²) in [6, 6.07) is 14.9. The number of aromatic nitrogens is 2. The molecule has 5 nitrogen and oxygen atoms in total. The van der Waals surface area contributed by atoms with E-state index in [1.807, 2.05) is 24.3 Å². The van der Waals surface area contributed by atoms with Crippen LogP contribution >= 0.6 is 0 Å².